The molecule has 0 amide bonds. The number of alkyl halides is 2. The predicted molar refractivity (Wildman–Crippen MR) is 41.2 cm³/mol. The number of hydrogen-bond donors (Lipinski definition) is 0. The number of hydrogen-bond acceptors (Lipinski definition) is 0. The van der Waals surface area contributed by atoms with E-state index in [9.17, 15) is 5.11 Å². The third-order valence-corrected chi connectivity index (χ3v) is 3.82. The van der Waals surface area contributed by atoms with Gasteiger partial charge in [-0.25, -0.2) is 5.11 Å². The summed E-state index contributed by atoms with van der Waals surface area (Å²) in [5, 5.41) is 11.0. The number of halogens is 2. The molecular formula is C5H9Br2O. The zero-order valence-electron chi connectivity index (χ0n) is 4.73. The summed E-state index contributed by atoms with van der Waals surface area (Å²) in [4.78, 5) is 0.333. The van der Waals surface area contributed by atoms with Gasteiger partial charge < -0.3 is 0 Å². The average Bonchev–Trinajstić information content (AvgIpc) is 1.84. The Morgan fingerprint density at radius 1 is 1.62 bits per heavy atom. The second-order valence-corrected chi connectivity index (χ2v) is 3.64. The van der Waals surface area contributed by atoms with Crippen molar-refractivity contribution in [3.8, 4) is 0 Å². The van der Waals surface area contributed by atoms with Crippen LogP contribution in [0, 0.1) is 5.92 Å². The van der Waals surface area contributed by atoms with Gasteiger partial charge >= 0.3 is 0 Å². The van der Waals surface area contributed by atoms with Crippen molar-refractivity contribution in [1.29, 1.82) is 0 Å². The normalized spacial score (nSPS) is 18.0. The smallest absolute Gasteiger partial charge is 0.0858 e. The van der Waals surface area contributed by atoms with Crippen molar-refractivity contribution in [1.82, 2.24) is 0 Å². The fraction of sp³-hybridized carbons (Fsp3) is 1.00. The lowest BCUT2D eigenvalue weighted by Gasteiger charge is -2.09. The quantitative estimate of drug-likeness (QED) is 0.679. The molecule has 0 aliphatic heterocycles. The Bertz CT molecular complexity index is 50.4. The highest BCUT2D eigenvalue weighted by Crippen LogP contribution is 2.13. The lowest BCUT2D eigenvalue weighted by molar-refractivity contribution is 0.153. The van der Waals surface area contributed by atoms with Crippen LogP contribution in [-0.2, 0) is 5.11 Å². The van der Waals surface area contributed by atoms with Gasteiger partial charge in [0, 0.05) is 10.2 Å². The van der Waals surface area contributed by atoms with E-state index >= 15 is 0 Å². The molecule has 0 bridgehead atoms. The SMILES string of the molecule is CC(C[O])C(Br)CBr. The Hall–Kier alpha value is 0.920. The van der Waals surface area contributed by atoms with E-state index in [1.807, 2.05) is 6.92 Å². The van der Waals surface area contributed by atoms with E-state index in [1.54, 1.807) is 0 Å². The Morgan fingerprint density at radius 3 is 2.25 bits per heavy atom. The van der Waals surface area contributed by atoms with E-state index in [0.29, 0.717) is 4.83 Å². The van der Waals surface area contributed by atoms with E-state index in [4.69, 9.17) is 0 Å². The van der Waals surface area contributed by atoms with Gasteiger partial charge in [-0.2, -0.15) is 0 Å². The van der Waals surface area contributed by atoms with Crippen molar-refractivity contribution in [3.05, 3.63) is 0 Å². The maximum Gasteiger partial charge on any atom is 0.0858 e. The summed E-state index contributed by atoms with van der Waals surface area (Å²) < 4.78 is 0. The molecule has 2 unspecified atom stereocenters. The summed E-state index contributed by atoms with van der Waals surface area (Å²) in [5.74, 6) is 0.231. The highest BCUT2D eigenvalue weighted by molar-refractivity contribution is 9.12. The summed E-state index contributed by atoms with van der Waals surface area (Å²) in [7, 11) is 0. The van der Waals surface area contributed by atoms with Crippen LogP contribution < -0.4 is 0 Å². The minimum absolute atomic E-state index is 0.00150. The third-order valence-electron chi connectivity index (χ3n) is 1.03. The van der Waals surface area contributed by atoms with Crippen molar-refractivity contribution < 1.29 is 5.11 Å². The number of rotatable bonds is 3. The summed E-state index contributed by atoms with van der Waals surface area (Å²) >= 11 is 6.63. The maximum atomic E-state index is 10.2. The monoisotopic (exact) mass is 243 g/mol. The van der Waals surface area contributed by atoms with Gasteiger partial charge in [-0.1, -0.05) is 38.8 Å². The molecule has 8 heavy (non-hydrogen) atoms. The van der Waals surface area contributed by atoms with Crippen LogP contribution in [0.1, 0.15) is 6.92 Å². The highest BCUT2D eigenvalue weighted by Gasteiger charge is 2.10. The van der Waals surface area contributed by atoms with E-state index in [0.717, 1.165) is 5.33 Å². The molecule has 0 aromatic rings. The Kier molecular flexibility index (Phi) is 5.31. The van der Waals surface area contributed by atoms with Gasteiger partial charge in [-0.05, 0) is 5.92 Å². The topological polar surface area (TPSA) is 19.9 Å². The van der Waals surface area contributed by atoms with Crippen molar-refractivity contribution >= 4 is 31.9 Å². The molecule has 0 N–H and O–H groups in total. The molecule has 3 heteroatoms. The fourth-order valence-electron chi connectivity index (χ4n) is 0.256. The predicted octanol–water partition coefficient (Wildman–Crippen LogP) is 2.21. The van der Waals surface area contributed by atoms with E-state index in [2.05, 4.69) is 31.9 Å². The van der Waals surface area contributed by atoms with Crippen molar-refractivity contribution in [2.24, 2.45) is 5.92 Å². The van der Waals surface area contributed by atoms with Crippen LogP contribution in [0.2, 0.25) is 0 Å². The van der Waals surface area contributed by atoms with E-state index in [1.165, 1.54) is 0 Å². The second kappa shape index (κ2) is 4.77. The second-order valence-electron chi connectivity index (χ2n) is 1.81. The first-order valence-corrected chi connectivity index (χ1v) is 4.54. The fourth-order valence-corrected chi connectivity index (χ4v) is 1.05. The van der Waals surface area contributed by atoms with Gasteiger partial charge in [-0.15, -0.1) is 0 Å². The largest absolute Gasteiger partial charge is 0.236 e. The molecule has 0 aliphatic carbocycles. The molecule has 0 heterocycles. The minimum Gasteiger partial charge on any atom is -0.236 e. The van der Waals surface area contributed by atoms with Crippen LogP contribution in [0.3, 0.4) is 0 Å². The standard InChI is InChI=1S/C5H9Br2O/c1-4(3-8)5(7)2-6/h4-5H,2-3H2,1H3. The zero-order valence-corrected chi connectivity index (χ0v) is 7.91. The molecule has 1 nitrogen and oxygen atoms in total. The van der Waals surface area contributed by atoms with Gasteiger partial charge in [-0.3, -0.25) is 0 Å². The Balaban J connectivity index is 3.29. The minimum atomic E-state index is 0.00150. The lowest BCUT2D eigenvalue weighted by Crippen LogP contribution is -2.14. The lowest BCUT2D eigenvalue weighted by atomic mass is 10.1. The summed E-state index contributed by atoms with van der Waals surface area (Å²) in [6.07, 6.45) is 0. The first-order chi connectivity index (χ1) is 3.72. The van der Waals surface area contributed by atoms with Gasteiger partial charge in [0.25, 0.3) is 0 Å². The zero-order chi connectivity index (χ0) is 6.57. The molecule has 0 fully saturated rings. The average molecular weight is 245 g/mol. The molecule has 0 aromatic carbocycles. The molecule has 0 aromatic heterocycles. The van der Waals surface area contributed by atoms with Crippen LogP contribution in [0.4, 0.5) is 0 Å². The molecule has 0 saturated heterocycles. The molecule has 0 aliphatic rings. The first kappa shape index (κ1) is 8.92. The highest BCUT2D eigenvalue weighted by atomic mass is 79.9. The van der Waals surface area contributed by atoms with Crippen LogP contribution >= 0.6 is 31.9 Å². The van der Waals surface area contributed by atoms with Crippen LogP contribution in [0.25, 0.3) is 0 Å². The molecule has 0 rings (SSSR count). The van der Waals surface area contributed by atoms with Crippen molar-refractivity contribution in [2.45, 2.75) is 11.8 Å². The van der Waals surface area contributed by atoms with E-state index in [-0.39, 0.29) is 12.5 Å². The molecule has 2 atom stereocenters. The van der Waals surface area contributed by atoms with Gasteiger partial charge in [0.2, 0.25) is 0 Å². The molecule has 49 valence electrons. The van der Waals surface area contributed by atoms with Crippen molar-refractivity contribution in [2.75, 3.05) is 11.9 Å². The van der Waals surface area contributed by atoms with Crippen molar-refractivity contribution in [3.63, 3.8) is 0 Å². The molecular weight excluding hydrogens is 236 g/mol. The molecule has 1 radical (unpaired) electrons. The van der Waals surface area contributed by atoms with Crippen LogP contribution in [0.15, 0.2) is 0 Å². The maximum absolute atomic E-state index is 10.2. The third kappa shape index (κ3) is 3.05. The summed E-state index contributed by atoms with van der Waals surface area (Å²) in [6.45, 7) is 1.94. The van der Waals surface area contributed by atoms with Crippen LogP contribution in [0.5, 0.6) is 0 Å². The van der Waals surface area contributed by atoms with E-state index < -0.39 is 0 Å². The Labute approximate surface area is 66.7 Å². The first-order valence-electron chi connectivity index (χ1n) is 2.50. The Morgan fingerprint density at radius 2 is 2.12 bits per heavy atom. The van der Waals surface area contributed by atoms with Gasteiger partial charge in [0.05, 0.1) is 6.61 Å². The molecule has 0 saturated carbocycles. The summed E-state index contributed by atoms with van der Waals surface area (Å²) in [6, 6.07) is 0. The summed E-state index contributed by atoms with van der Waals surface area (Å²) in [5.41, 5.74) is 0. The molecule has 0 spiro atoms. The van der Waals surface area contributed by atoms with Gasteiger partial charge in [0.15, 0.2) is 0 Å². The van der Waals surface area contributed by atoms with Gasteiger partial charge in [0.1, 0.15) is 0 Å². The van der Waals surface area contributed by atoms with Crippen LogP contribution in [-0.4, -0.2) is 16.8 Å².